The van der Waals surface area contributed by atoms with Crippen LogP contribution in [0.3, 0.4) is 0 Å². The molecule has 0 radical (unpaired) electrons. The van der Waals surface area contributed by atoms with Gasteiger partial charge in [-0.3, -0.25) is 10.1 Å². The maximum absolute atomic E-state index is 12.2. The van der Waals surface area contributed by atoms with Crippen molar-refractivity contribution in [3.8, 4) is 11.5 Å². The lowest BCUT2D eigenvalue weighted by atomic mass is 10.2. The molecule has 2 aromatic carbocycles. The second kappa shape index (κ2) is 7.58. The molecule has 0 bridgehead atoms. The smallest absolute Gasteiger partial charge is 0.343 e. The predicted octanol–water partition coefficient (Wildman–Crippen LogP) is 2.70. The van der Waals surface area contributed by atoms with Gasteiger partial charge in [-0.1, -0.05) is 24.3 Å². The van der Waals surface area contributed by atoms with Crippen LogP contribution in [0.2, 0.25) is 0 Å². The summed E-state index contributed by atoms with van der Waals surface area (Å²) in [5, 5.41) is 12.0. The second-order valence-electron chi connectivity index (χ2n) is 5.44. The van der Waals surface area contributed by atoms with Gasteiger partial charge in [0.1, 0.15) is 6.04 Å². The topological polar surface area (TPSA) is 84.9 Å². The zero-order chi connectivity index (χ0) is 17.8. The first kappa shape index (κ1) is 17.3. The number of carbonyl (C=O) groups is 2. The van der Waals surface area contributed by atoms with Gasteiger partial charge in [-0.25, -0.2) is 4.79 Å². The van der Waals surface area contributed by atoms with Gasteiger partial charge in [0.2, 0.25) is 0 Å². The van der Waals surface area contributed by atoms with E-state index in [0.717, 1.165) is 5.56 Å². The van der Waals surface area contributed by atoms with Gasteiger partial charge in [-0.15, -0.1) is 11.8 Å². The van der Waals surface area contributed by atoms with Crippen LogP contribution >= 0.6 is 11.8 Å². The number of carboxylic acids is 1. The fourth-order valence-corrected chi connectivity index (χ4v) is 3.69. The minimum atomic E-state index is -0.865. The number of nitrogens with one attached hydrogen (secondary N) is 1. The molecular formula is C18H17NO5S. The molecule has 7 heteroatoms. The quantitative estimate of drug-likeness (QED) is 0.627. The molecule has 1 saturated heterocycles. The highest BCUT2D eigenvalue weighted by Gasteiger charge is 2.30. The molecule has 0 aromatic heterocycles. The molecule has 2 unspecified atom stereocenters. The molecule has 2 aromatic rings. The average Bonchev–Trinajstić information content (AvgIpc) is 3.13. The third-order valence-corrected chi connectivity index (χ3v) is 5.05. The van der Waals surface area contributed by atoms with Crippen LogP contribution in [-0.4, -0.2) is 35.9 Å². The minimum absolute atomic E-state index is 0.145. The Morgan fingerprint density at radius 1 is 1.16 bits per heavy atom. The Kier molecular flexibility index (Phi) is 5.25. The number of thioether (sulfide) groups is 1. The average molecular weight is 359 g/mol. The summed E-state index contributed by atoms with van der Waals surface area (Å²) in [4.78, 5) is 23.2. The lowest BCUT2D eigenvalue weighted by molar-refractivity contribution is -0.138. The summed E-state index contributed by atoms with van der Waals surface area (Å²) in [7, 11) is 1.49. The summed E-state index contributed by atoms with van der Waals surface area (Å²) >= 11 is 1.51. The Bertz CT molecular complexity index is 780. The normalized spacial score (nSPS) is 19.4. The van der Waals surface area contributed by atoms with Crippen LogP contribution in [-0.2, 0) is 4.79 Å². The fraction of sp³-hybridized carbons (Fsp3) is 0.222. The molecule has 1 aliphatic heterocycles. The Hall–Kier alpha value is -2.51. The molecule has 0 saturated carbocycles. The van der Waals surface area contributed by atoms with Crippen LogP contribution < -0.4 is 14.8 Å². The maximum Gasteiger partial charge on any atom is 0.343 e. The molecular weight excluding hydrogens is 342 g/mol. The molecule has 25 heavy (non-hydrogen) atoms. The van der Waals surface area contributed by atoms with E-state index >= 15 is 0 Å². The van der Waals surface area contributed by atoms with Crippen molar-refractivity contribution >= 4 is 23.7 Å². The summed E-state index contributed by atoms with van der Waals surface area (Å²) < 4.78 is 10.7. The molecule has 0 aliphatic carbocycles. The number of esters is 1. The first-order valence-electron chi connectivity index (χ1n) is 7.64. The molecule has 2 N–H and O–H groups in total. The summed E-state index contributed by atoms with van der Waals surface area (Å²) in [5.41, 5.74) is 1.32. The van der Waals surface area contributed by atoms with Crippen LogP contribution in [0.15, 0.2) is 48.5 Å². The van der Waals surface area contributed by atoms with E-state index in [0.29, 0.717) is 22.8 Å². The van der Waals surface area contributed by atoms with E-state index in [1.54, 1.807) is 42.5 Å². The fourth-order valence-electron chi connectivity index (χ4n) is 2.47. The molecule has 1 aliphatic rings. The number of carbonyl (C=O) groups excluding carboxylic acids is 1. The number of carboxylic acid groups (broad SMARTS) is 1. The zero-order valence-corrected chi connectivity index (χ0v) is 14.3. The number of methoxy groups -OCH3 is 1. The summed E-state index contributed by atoms with van der Waals surface area (Å²) in [6.45, 7) is 0. The van der Waals surface area contributed by atoms with Crippen LogP contribution in [0.25, 0.3) is 0 Å². The number of hydrogen-bond donors (Lipinski definition) is 2. The molecule has 0 amide bonds. The van der Waals surface area contributed by atoms with Crippen molar-refractivity contribution in [1.82, 2.24) is 5.32 Å². The molecule has 1 heterocycles. The Labute approximate surface area is 149 Å². The van der Waals surface area contributed by atoms with Crippen molar-refractivity contribution in [3.63, 3.8) is 0 Å². The number of rotatable bonds is 5. The van der Waals surface area contributed by atoms with Gasteiger partial charge in [-0.2, -0.15) is 0 Å². The third kappa shape index (κ3) is 3.94. The van der Waals surface area contributed by atoms with Gasteiger partial charge < -0.3 is 14.6 Å². The Balaban J connectivity index is 1.76. The maximum atomic E-state index is 12.2. The van der Waals surface area contributed by atoms with Crippen molar-refractivity contribution in [2.75, 3.05) is 12.9 Å². The van der Waals surface area contributed by atoms with E-state index in [-0.39, 0.29) is 5.37 Å². The highest BCUT2D eigenvalue weighted by molar-refractivity contribution is 7.99. The summed E-state index contributed by atoms with van der Waals surface area (Å²) in [6, 6.07) is 13.3. The highest BCUT2D eigenvalue weighted by atomic mass is 32.2. The van der Waals surface area contributed by atoms with Crippen molar-refractivity contribution in [2.45, 2.75) is 11.4 Å². The molecule has 130 valence electrons. The lowest BCUT2D eigenvalue weighted by Gasteiger charge is -2.15. The van der Waals surface area contributed by atoms with Crippen molar-refractivity contribution in [1.29, 1.82) is 0 Å². The molecule has 3 rings (SSSR count). The van der Waals surface area contributed by atoms with Crippen molar-refractivity contribution in [2.24, 2.45) is 0 Å². The summed E-state index contributed by atoms with van der Waals surface area (Å²) in [5.74, 6) is -0.102. The second-order valence-corrected chi connectivity index (χ2v) is 6.57. The monoisotopic (exact) mass is 359 g/mol. The third-order valence-electron chi connectivity index (χ3n) is 3.78. The van der Waals surface area contributed by atoms with Gasteiger partial charge in [0, 0.05) is 5.75 Å². The molecule has 6 nitrogen and oxygen atoms in total. The SMILES string of the molecule is COc1cc(C2NC(C(=O)O)CS2)ccc1OC(=O)c1ccccc1. The number of benzene rings is 2. The number of ether oxygens (including phenoxy) is 2. The van der Waals surface area contributed by atoms with Gasteiger partial charge in [0.05, 0.1) is 18.0 Å². The van der Waals surface area contributed by atoms with E-state index in [1.807, 2.05) is 6.07 Å². The van der Waals surface area contributed by atoms with E-state index in [1.165, 1.54) is 18.9 Å². The van der Waals surface area contributed by atoms with E-state index in [4.69, 9.17) is 14.6 Å². The zero-order valence-electron chi connectivity index (χ0n) is 13.5. The van der Waals surface area contributed by atoms with Gasteiger partial charge in [0.25, 0.3) is 0 Å². The van der Waals surface area contributed by atoms with E-state index in [2.05, 4.69) is 5.32 Å². The predicted molar refractivity (Wildman–Crippen MR) is 94.2 cm³/mol. The summed E-state index contributed by atoms with van der Waals surface area (Å²) in [6.07, 6.45) is 0. The van der Waals surface area contributed by atoms with E-state index < -0.39 is 18.0 Å². The molecule has 1 fully saturated rings. The van der Waals surface area contributed by atoms with Crippen LogP contribution in [0.1, 0.15) is 21.3 Å². The van der Waals surface area contributed by atoms with E-state index in [9.17, 15) is 9.59 Å². The first-order chi connectivity index (χ1) is 12.1. The van der Waals surface area contributed by atoms with Crippen molar-refractivity contribution in [3.05, 3.63) is 59.7 Å². The number of aliphatic carboxylic acids is 1. The van der Waals surface area contributed by atoms with Crippen molar-refractivity contribution < 1.29 is 24.2 Å². The minimum Gasteiger partial charge on any atom is -0.493 e. The van der Waals surface area contributed by atoms with Gasteiger partial charge in [0.15, 0.2) is 11.5 Å². The largest absolute Gasteiger partial charge is 0.493 e. The first-order valence-corrected chi connectivity index (χ1v) is 8.69. The van der Waals surface area contributed by atoms with Crippen LogP contribution in [0.4, 0.5) is 0 Å². The van der Waals surface area contributed by atoms with Crippen LogP contribution in [0.5, 0.6) is 11.5 Å². The van der Waals surface area contributed by atoms with Crippen LogP contribution in [0, 0.1) is 0 Å². The van der Waals surface area contributed by atoms with Gasteiger partial charge >= 0.3 is 11.9 Å². The highest BCUT2D eigenvalue weighted by Crippen LogP contribution is 2.37. The Morgan fingerprint density at radius 3 is 2.56 bits per heavy atom. The Morgan fingerprint density at radius 2 is 1.92 bits per heavy atom. The lowest BCUT2D eigenvalue weighted by Crippen LogP contribution is -2.33. The molecule has 0 spiro atoms. The standard InChI is InChI=1S/C18H17NO5S/c1-23-15-9-12(16-19-13(10-25-16)17(20)21)7-8-14(15)24-18(22)11-5-3-2-4-6-11/h2-9,13,16,19H,10H2,1H3,(H,20,21). The van der Waals surface area contributed by atoms with Gasteiger partial charge in [-0.05, 0) is 29.8 Å². The number of hydrogen-bond acceptors (Lipinski definition) is 6. The molecule has 2 atom stereocenters.